The molecule has 1 aliphatic heterocycles. The van der Waals surface area contributed by atoms with Crippen LogP contribution in [0.5, 0.6) is 5.75 Å². The Labute approximate surface area is 188 Å². The summed E-state index contributed by atoms with van der Waals surface area (Å²) in [6.07, 6.45) is 3.47. The summed E-state index contributed by atoms with van der Waals surface area (Å²) >= 11 is 0. The van der Waals surface area contributed by atoms with Crippen LogP contribution in [0.3, 0.4) is 0 Å². The monoisotopic (exact) mass is 419 g/mol. The van der Waals surface area contributed by atoms with E-state index in [2.05, 4.69) is 88.1 Å². The maximum atomic E-state index is 5.94. The first kappa shape index (κ1) is 22.1. The second-order valence-corrected chi connectivity index (χ2v) is 10.4. The standard InChI is InChI=1S/C28H37NO2/c1-21(23-8-11-25-26(19-23)28(4,5)20-27(25,2)3)18-22-6-9-24(10-7-22)31-17-14-29-12-15-30-16-13-29/h6-11,18-19H,12-17,20H2,1-5H3/b21-18+. The number of benzene rings is 2. The summed E-state index contributed by atoms with van der Waals surface area (Å²) < 4.78 is 11.3. The minimum Gasteiger partial charge on any atom is -0.492 e. The molecule has 0 bridgehead atoms. The Kier molecular flexibility index (Phi) is 6.27. The van der Waals surface area contributed by atoms with E-state index in [1.807, 2.05) is 0 Å². The summed E-state index contributed by atoms with van der Waals surface area (Å²) in [7, 11) is 0. The number of hydrogen-bond donors (Lipinski definition) is 0. The van der Waals surface area contributed by atoms with E-state index < -0.39 is 0 Å². The Morgan fingerprint density at radius 1 is 0.968 bits per heavy atom. The van der Waals surface area contributed by atoms with Crippen molar-refractivity contribution in [2.75, 3.05) is 39.5 Å². The topological polar surface area (TPSA) is 21.7 Å². The molecule has 1 saturated heterocycles. The van der Waals surface area contributed by atoms with Gasteiger partial charge in [0.1, 0.15) is 12.4 Å². The molecule has 1 aliphatic carbocycles. The number of allylic oxidation sites excluding steroid dienone is 1. The third-order valence-corrected chi connectivity index (χ3v) is 6.86. The Hall–Kier alpha value is -2.10. The van der Waals surface area contributed by atoms with Crippen LogP contribution in [0.25, 0.3) is 11.6 Å². The van der Waals surface area contributed by atoms with Crippen molar-refractivity contribution in [3.8, 4) is 5.75 Å². The van der Waals surface area contributed by atoms with Gasteiger partial charge in [0.25, 0.3) is 0 Å². The lowest BCUT2D eigenvalue weighted by atomic mass is 9.82. The molecule has 31 heavy (non-hydrogen) atoms. The van der Waals surface area contributed by atoms with Gasteiger partial charge in [-0.2, -0.15) is 0 Å². The number of nitrogens with zero attached hydrogens (tertiary/aromatic N) is 1. The normalized spacial score (nSPS) is 20.5. The second kappa shape index (κ2) is 8.80. The minimum absolute atomic E-state index is 0.231. The zero-order valence-corrected chi connectivity index (χ0v) is 19.8. The lowest BCUT2D eigenvalue weighted by Crippen LogP contribution is -2.38. The molecule has 0 radical (unpaired) electrons. The molecule has 166 valence electrons. The maximum Gasteiger partial charge on any atom is 0.119 e. The van der Waals surface area contributed by atoms with E-state index in [-0.39, 0.29) is 10.8 Å². The van der Waals surface area contributed by atoms with Gasteiger partial charge in [-0.15, -0.1) is 0 Å². The number of morpholine rings is 1. The fourth-order valence-corrected chi connectivity index (χ4v) is 5.35. The van der Waals surface area contributed by atoms with Crippen molar-refractivity contribution in [2.45, 2.75) is 51.9 Å². The Balaban J connectivity index is 1.41. The summed E-state index contributed by atoms with van der Waals surface area (Å²) in [5.41, 5.74) is 7.32. The van der Waals surface area contributed by atoms with Crippen molar-refractivity contribution in [2.24, 2.45) is 0 Å². The van der Waals surface area contributed by atoms with Gasteiger partial charge in [0.05, 0.1) is 13.2 Å². The zero-order chi connectivity index (χ0) is 22.1. The lowest BCUT2D eigenvalue weighted by molar-refractivity contribution is 0.0322. The van der Waals surface area contributed by atoms with Gasteiger partial charge in [-0.1, -0.05) is 64.1 Å². The number of fused-ring (bicyclic) bond motifs is 1. The van der Waals surface area contributed by atoms with Gasteiger partial charge < -0.3 is 9.47 Å². The van der Waals surface area contributed by atoms with Crippen LogP contribution in [0.4, 0.5) is 0 Å². The van der Waals surface area contributed by atoms with Crippen LogP contribution in [0.1, 0.15) is 63.3 Å². The highest BCUT2D eigenvalue weighted by Gasteiger charge is 2.41. The van der Waals surface area contributed by atoms with Crippen LogP contribution >= 0.6 is 0 Å². The van der Waals surface area contributed by atoms with Gasteiger partial charge in [0, 0.05) is 19.6 Å². The van der Waals surface area contributed by atoms with Crippen molar-refractivity contribution in [3.05, 3.63) is 64.7 Å². The minimum atomic E-state index is 0.231. The summed E-state index contributed by atoms with van der Waals surface area (Å²) in [5, 5.41) is 0. The van der Waals surface area contributed by atoms with E-state index in [0.717, 1.165) is 45.2 Å². The summed E-state index contributed by atoms with van der Waals surface area (Å²) in [4.78, 5) is 2.39. The predicted octanol–water partition coefficient (Wildman–Crippen LogP) is 5.92. The summed E-state index contributed by atoms with van der Waals surface area (Å²) in [6, 6.07) is 15.5. The van der Waals surface area contributed by atoms with E-state index in [0.29, 0.717) is 0 Å². The molecular weight excluding hydrogens is 382 g/mol. The van der Waals surface area contributed by atoms with Crippen LogP contribution in [0.15, 0.2) is 42.5 Å². The highest BCUT2D eigenvalue weighted by molar-refractivity contribution is 5.81. The molecule has 0 saturated carbocycles. The van der Waals surface area contributed by atoms with Gasteiger partial charge >= 0.3 is 0 Å². The molecule has 2 aromatic rings. The average molecular weight is 420 g/mol. The first-order valence-corrected chi connectivity index (χ1v) is 11.6. The van der Waals surface area contributed by atoms with Crippen LogP contribution in [0.2, 0.25) is 0 Å². The van der Waals surface area contributed by atoms with Crippen LogP contribution in [-0.4, -0.2) is 44.4 Å². The van der Waals surface area contributed by atoms with Gasteiger partial charge in [-0.25, -0.2) is 0 Å². The van der Waals surface area contributed by atoms with E-state index in [9.17, 15) is 0 Å². The molecule has 0 N–H and O–H groups in total. The van der Waals surface area contributed by atoms with Crippen LogP contribution < -0.4 is 4.74 Å². The Morgan fingerprint density at radius 2 is 1.65 bits per heavy atom. The molecule has 1 fully saturated rings. The quantitative estimate of drug-likeness (QED) is 0.543. The van der Waals surface area contributed by atoms with Gasteiger partial charge in [0.15, 0.2) is 0 Å². The van der Waals surface area contributed by atoms with Crippen molar-refractivity contribution in [1.29, 1.82) is 0 Å². The number of ether oxygens (including phenoxy) is 2. The lowest BCUT2D eigenvalue weighted by Gasteiger charge is -2.26. The average Bonchev–Trinajstić information content (AvgIpc) is 2.93. The fourth-order valence-electron chi connectivity index (χ4n) is 5.35. The summed E-state index contributed by atoms with van der Waals surface area (Å²) in [5.74, 6) is 0.935. The molecule has 3 heteroatoms. The van der Waals surface area contributed by atoms with Crippen LogP contribution in [0, 0.1) is 0 Å². The third kappa shape index (κ3) is 5.05. The molecule has 2 aromatic carbocycles. The zero-order valence-electron chi connectivity index (χ0n) is 19.8. The third-order valence-electron chi connectivity index (χ3n) is 6.86. The fraction of sp³-hybridized carbons (Fsp3) is 0.500. The molecule has 3 nitrogen and oxygen atoms in total. The maximum absolute atomic E-state index is 5.94. The first-order chi connectivity index (χ1) is 14.7. The smallest absolute Gasteiger partial charge is 0.119 e. The highest BCUT2D eigenvalue weighted by atomic mass is 16.5. The van der Waals surface area contributed by atoms with E-state index >= 15 is 0 Å². The Bertz CT molecular complexity index is 934. The molecule has 1 heterocycles. The van der Waals surface area contributed by atoms with Crippen molar-refractivity contribution in [1.82, 2.24) is 4.90 Å². The molecule has 0 aromatic heterocycles. The van der Waals surface area contributed by atoms with Crippen molar-refractivity contribution in [3.63, 3.8) is 0 Å². The first-order valence-electron chi connectivity index (χ1n) is 11.6. The molecule has 0 atom stereocenters. The highest BCUT2D eigenvalue weighted by Crippen LogP contribution is 2.49. The SMILES string of the molecule is C/C(=C\c1ccc(OCCN2CCOCC2)cc1)c1ccc2c(c1)C(C)(C)CC2(C)C. The molecule has 0 amide bonds. The van der Waals surface area contributed by atoms with E-state index in [1.165, 1.54) is 34.2 Å². The number of hydrogen-bond acceptors (Lipinski definition) is 3. The molecular formula is C28H37NO2. The van der Waals surface area contributed by atoms with Crippen LogP contribution in [-0.2, 0) is 15.6 Å². The second-order valence-electron chi connectivity index (χ2n) is 10.4. The van der Waals surface area contributed by atoms with E-state index in [1.54, 1.807) is 0 Å². The molecule has 0 unspecified atom stereocenters. The predicted molar refractivity (Wildman–Crippen MR) is 130 cm³/mol. The van der Waals surface area contributed by atoms with Gasteiger partial charge in [-0.3, -0.25) is 4.90 Å². The number of rotatable bonds is 6. The van der Waals surface area contributed by atoms with Crippen molar-refractivity contribution < 1.29 is 9.47 Å². The molecule has 2 aliphatic rings. The summed E-state index contributed by atoms with van der Waals surface area (Å²) in [6.45, 7) is 17.0. The molecule has 4 rings (SSSR count). The van der Waals surface area contributed by atoms with Crippen molar-refractivity contribution >= 4 is 11.6 Å². The van der Waals surface area contributed by atoms with Gasteiger partial charge in [0.2, 0.25) is 0 Å². The van der Waals surface area contributed by atoms with Gasteiger partial charge in [-0.05, 0) is 64.1 Å². The molecule has 0 spiro atoms. The van der Waals surface area contributed by atoms with E-state index in [4.69, 9.17) is 9.47 Å². The largest absolute Gasteiger partial charge is 0.492 e. The Morgan fingerprint density at radius 3 is 2.35 bits per heavy atom.